The summed E-state index contributed by atoms with van der Waals surface area (Å²) < 4.78 is 39.8. The van der Waals surface area contributed by atoms with Crippen molar-refractivity contribution in [2.45, 2.75) is 26.1 Å². The van der Waals surface area contributed by atoms with Crippen LogP contribution in [-0.2, 0) is 0 Å². The fourth-order valence-corrected chi connectivity index (χ4v) is 2.37. The van der Waals surface area contributed by atoms with Crippen LogP contribution in [0.1, 0.15) is 33.2 Å². The predicted octanol–water partition coefficient (Wildman–Crippen LogP) is 3.07. The summed E-state index contributed by atoms with van der Waals surface area (Å²) in [5, 5.41) is 1.95. The van der Waals surface area contributed by atoms with E-state index in [-0.39, 0.29) is 16.1 Å². The summed E-state index contributed by atoms with van der Waals surface area (Å²) in [7, 11) is 0. The molecule has 0 spiro atoms. The van der Waals surface area contributed by atoms with Crippen molar-refractivity contribution >= 4 is 17.5 Å². The molecule has 24 heavy (non-hydrogen) atoms. The molecule has 9 heteroatoms. The van der Waals surface area contributed by atoms with Crippen LogP contribution in [0.5, 0.6) is 0 Å². The van der Waals surface area contributed by atoms with Crippen LogP contribution in [0.3, 0.4) is 0 Å². The van der Waals surface area contributed by atoms with Gasteiger partial charge in [-0.15, -0.1) is 0 Å². The third-order valence-corrected chi connectivity index (χ3v) is 3.98. The fourth-order valence-electron chi connectivity index (χ4n) is 2.23. The number of halogens is 4. The molecule has 1 unspecified atom stereocenters. The number of hydrogen-bond acceptors (Lipinski definition) is 3. The van der Waals surface area contributed by atoms with Gasteiger partial charge in [0.15, 0.2) is 6.04 Å². The second-order valence-corrected chi connectivity index (χ2v) is 5.51. The molecule has 0 saturated heterocycles. The maximum atomic E-state index is 13.3. The van der Waals surface area contributed by atoms with Gasteiger partial charge in [-0.25, -0.2) is 0 Å². The Kier molecular flexibility index (Phi) is 4.98. The Hall–Kier alpha value is -2.35. The summed E-state index contributed by atoms with van der Waals surface area (Å²) in [6.45, 7) is 2.92. The van der Waals surface area contributed by atoms with Crippen molar-refractivity contribution in [3.63, 3.8) is 0 Å². The Morgan fingerprint density at radius 2 is 2.04 bits per heavy atom. The van der Waals surface area contributed by atoms with Gasteiger partial charge in [0.2, 0.25) is 0 Å². The maximum Gasteiger partial charge on any atom is 0.412 e. The topological polar surface area (TPSA) is 74.8 Å². The quantitative estimate of drug-likeness (QED) is 0.884. The number of aromatic amines is 1. The first-order valence-electron chi connectivity index (χ1n) is 6.79. The van der Waals surface area contributed by atoms with Crippen molar-refractivity contribution in [1.82, 2.24) is 15.3 Å². The Morgan fingerprint density at radius 3 is 2.58 bits per heavy atom. The molecular formula is C15H13ClF3N3O2. The van der Waals surface area contributed by atoms with E-state index in [1.54, 1.807) is 0 Å². The average Bonchev–Trinajstić information content (AvgIpc) is 2.50. The Balaban J connectivity index is 2.44. The molecule has 2 rings (SSSR count). The van der Waals surface area contributed by atoms with E-state index in [0.717, 1.165) is 6.20 Å². The van der Waals surface area contributed by atoms with Crippen molar-refractivity contribution in [2.75, 3.05) is 0 Å². The van der Waals surface area contributed by atoms with Gasteiger partial charge in [-0.3, -0.25) is 14.6 Å². The number of amides is 1. The first-order chi connectivity index (χ1) is 11.1. The van der Waals surface area contributed by atoms with Gasteiger partial charge in [0.05, 0.1) is 5.02 Å². The van der Waals surface area contributed by atoms with Crippen LogP contribution in [0.4, 0.5) is 13.2 Å². The van der Waals surface area contributed by atoms with Crippen LogP contribution >= 0.6 is 11.6 Å². The molecule has 2 aromatic rings. The molecule has 0 saturated carbocycles. The largest absolute Gasteiger partial charge is 0.412 e. The molecular weight excluding hydrogens is 347 g/mol. The van der Waals surface area contributed by atoms with Crippen LogP contribution in [0.15, 0.2) is 29.3 Å². The number of nitrogens with one attached hydrogen (secondary N) is 2. The minimum Gasteiger partial charge on any atom is -0.336 e. The number of hydrogen-bond donors (Lipinski definition) is 2. The molecule has 0 aliphatic heterocycles. The lowest BCUT2D eigenvalue weighted by atomic mass is 10.1. The second-order valence-electron chi connectivity index (χ2n) is 5.13. The molecule has 2 heterocycles. The van der Waals surface area contributed by atoms with Crippen molar-refractivity contribution in [3.05, 3.63) is 62.3 Å². The molecule has 0 radical (unpaired) electrons. The summed E-state index contributed by atoms with van der Waals surface area (Å²) in [5.41, 5.74) is -1.06. The second kappa shape index (κ2) is 6.64. The van der Waals surface area contributed by atoms with Gasteiger partial charge in [0.25, 0.3) is 11.5 Å². The zero-order valence-electron chi connectivity index (χ0n) is 12.7. The van der Waals surface area contributed by atoms with Crippen LogP contribution in [-0.4, -0.2) is 22.1 Å². The Morgan fingerprint density at radius 1 is 1.38 bits per heavy atom. The molecule has 0 aliphatic carbocycles. The lowest BCUT2D eigenvalue weighted by Gasteiger charge is -2.22. The molecule has 5 nitrogen and oxygen atoms in total. The zero-order chi connectivity index (χ0) is 18.1. The van der Waals surface area contributed by atoms with Crippen LogP contribution in [0.2, 0.25) is 5.02 Å². The molecule has 0 bridgehead atoms. The van der Waals surface area contributed by atoms with Crippen molar-refractivity contribution in [3.8, 4) is 0 Å². The minimum atomic E-state index is -4.76. The number of carbonyl (C=O) groups excluding carboxylic acids is 1. The lowest BCUT2D eigenvalue weighted by molar-refractivity contribution is -0.155. The third-order valence-electron chi connectivity index (χ3n) is 3.41. The van der Waals surface area contributed by atoms with Gasteiger partial charge in [-0.2, -0.15) is 13.2 Å². The van der Waals surface area contributed by atoms with E-state index < -0.39 is 29.2 Å². The normalized spacial score (nSPS) is 12.8. The number of aryl methyl sites for hydroxylation is 1. The van der Waals surface area contributed by atoms with E-state index in [4.69, 9.17) is 11.6 Å². The van der Waals surface area contributed by atoms with Crippen molar-refractivity contribution in [2.24, 2.45) is 0 Å². The molecule has 1 amide bonds. The van der Waals surface area contributed by atoms with Crippen LogP contribution in [0, 0.1) is 13.8 Å². The smallest absolute Gasteiger partial charge is 0.336 e. The van der Waals surface area contributed by atoms with Gasteiger partial charge in [-0.05, 0) is 25.5 Å². The van der Waals surface area contributed by atoms with Crippen molar-refractivity contribution < 1.29 is 18.0 Å². The van der Waals surface area contributed by atoms with Crippen molar-refractivity contribution in [1.29, 1.82) is 0 Å². The highest BCUT2D eigenvalue weighted by molar-refractivity contribution is 6.32. The number of alkyl halides is 3. The van der Waals surface area contributed by atoms with Crippen LogP contribution < -0.4 is 10.9 Å². The number of rotatable bonds is 3. The summed E-state index contributed by atoms with van der Waals surface area (Å²) in [5.74, 6) is -1.16. The molecule has 1 atom stereocenters. The van der Waals surface area contributed by atoms with E-state index in [1.807, 2.05) is 5.32 Å². The first kappa shape index (κ1) is 18.0. The molecule has 2 aromatic heterocycles. The predicted molar refractivity (Wildman–Crippen MR) is 82.0 cm³/mol. The molecule has 0 aliphatic rings. The maximum absolute atomic E-state index is 13.3. The number of nitrogens with zero attached hydrogens (tertiary/aromatic N) is 1. The van der Waals surface area contributed by atoms with E-state index >= 15 is 0 Å². The van der Waals surface area contributed by atoms with E-state index in [0.29, 0.717) is 5.69 Å². The van der Waals surface area contributed by atoms with E-state index in [1.165, 1.54) is 32.2 Å². The Labute approximate surface area is 139 Å². The standard InChI is InChI=1S/C15H13ClF3N3O2/c1-7-10(13(23)21-8(2)11(7)16)14(24)22-12(15(17,18)19)9-4-3-5-20-6-9/h3-6,12H,1-2H3,(H,21,23)(H,22,24). The summed E-state index contributed by atoms with van der Waals surface area (Å²) in [6, 6.07) is 0.212. The minimum absolute atomic E-state index is 0.113. The molecule has 0 aromatic carbocycles. The molecule has 0 fully saturated rings. The van der Waals surface area contributed by atoms with E-state index in [2.05, 4.69) is 9.97 Å². The number of carbonyl (C=O) groups is 1. The number of aromatic nitrogens is 2. The van der Waals surface area contributed by atoms with Gasteiger partial charge in [0, 0.05) is 23.7 Å². The average molecular weight is 360 g/mol. The van der Waals surface area contributed by atoms with E-state index in [9.17, 15) is 22.8 Å². The van der Waals surface area contributed by atoms with Gasteiger partial charge in [0.1, 0.15) is 5.56 Å². The zero-order valence-corrected chi connectivity index (χ0v) is 13.4. The van der Waals surface area contributed by atoms with Gasteiger partial charge in [-0.1, -0.05) is 17.7 Å². The van der Waals surface area contributed by atoms with Gasteiger partial charge >= 0.3 is 6.18 Å². The summed E-state index contributed by atoms with van der Waals surface area (Å²) >= 11 is 5.96. The highest BCUT2D eigenvalue weighted by Crippen LogP contribution is 2.32. The monoisotopic (exact) mass is 359 g/mol. The summed E-state index contributed by atoms with van der Waals surface area (Å²) in [4.78, 5) is 30.2. The number of pyridine rings is 2. The lowest BCUT2D eigenvalue weighted by Crippen LogP contribution is -2.40. The molecule has 2 N–H and O–H groups in total. The third kappa shape index (κ3) is 3.59. The highest BCUT2D eigenvalue weighted by Gasteiger charge is 2.42. The molecule has 128 valence electrons. The fraction of sp³-hybridized carbons (Fsp3) is 0.267. The SMILES string of the molecule is Cc1[nH]c(=O)c(C(=O)NC(c2cccnc2)C(F)(F)F)c(C)c1Cl. The Bertz CT molecular complexity index is 819. The van der Waals surface area contributed by atoms with Crippen LogP contribution in [0.25, 0.3) is 0 Å². The first-order valence-corrected chi connectivity index (χ1v) is 7.17. The summed E-state index contributed by atoms with van der Waals surface area (Å²) in [6.07, 6.45) is -2.45. The van der Waals surface area contributed by atoms with Gasteiger partial charge < -0.3 is 10.3 Å². The number of H-pyrrole nitrogens is 1. The highest BCUT2D eigenvalue weighted by atomic mass is 35.5.